The minimum atomic E-state index is -0.408. The fraction of sp³-hybridized carbons (Fsp3) is 0.235. The summed E-state index contributed by atoms with van der Waals surface area (Å²) in [4.78, 5) is 11.2. The quantitative estimate of drug-likeness (QED) is 0.856. The molecule has 2 aromatic carbocycles. The van der Waals surface area contributed by atoms with E-state index in [0.717, 1.165) is 22.6 Å². The van der Waals surface area contributed by atoms with Crippen LogP contribution in [-0.4, -0.2) is 12.5 Å². The Bertz CT molecular complexity index is 638. The van der Waals surface area contributed by atoms with Crippen molar-refractivity contribution in [2.45, 2.75) is 20.4 Å². The van der Waals surface area contributed by atoms with Gasteiger partial charge in [0, 0.05) is 17.8 Å². The minimum absolute atomic E-state index is 0.408. The lowest BCUT2D eigenvalue weighted by Gasteiger charge is -2.12. The smallest absolute Gasteiger partial charge is 0.248 e. The average molecular weight is 284 g/mol. The number of carbonyl (C=O) groups is 1. The van der Waals surface area contributed by atoms with Crippen LogP contribution in [-0.2, 0) is 6.54 Å². The highest BCUT2D eigenvalue weighted by Gasteiger charge is 2.03. The van der Waals surface area contributed by atoms with E-state index in [4.69, 9.17) is 10.5 Å². The number of benzene rings is 2. The van der Waals surface area contributed by atoms with Gasteiger partial charge in [-0.15, -0.1) is 0 Å². The molecule has 0 fully saturated rings. The molecule has 21 heavy (non-hydrogen) atoms. The molecule has 0 aromatic heterocycles. The number of carbonyl (C=O) groups excluding carboxylic acids is 1. The summed E-state index contributed by atoms with van der Waals surface area (Å²) in [6, 6.07) is 13.3. The van der Waals surface area contributed by atoms with Crippen molar-refractivity contribution in [1.29, 1.82) is 0 Å². The van der Waals surface area contributed by atoms with Crippen molar-refractivity contribution in [2.75, 3.05) is 11.9 Å². The zero-order valence-corrected chi connectivity index (χ0v) is 12.3. The third-order valence-corrected chi connectivity index (χ3v) is 3.20. The summed E-state index contributed by atoms with van der Waals surface area (Å²) >= 11 is 0. The fourth-order valence-electron chi connectivity index (χ4n) is 2.12. The van der Waals surface area contributed by atoms with Gasteiger partial charge in [-0.25, -0.2) is 0 Å². The van der Waals surface area contributed by atoms with Crippen LogP contribution in [0, 0.1) is 6.92 Å². The maximum Gasteiger partial charge on any atom is 0.248 e. The van der Waals surface area contributed by atoms with Gasteiger partial charge >= 0.3 is 0 Å². The van der Waals surface area contributed by atoms with Crippen LogP contribution in [0.1, 0.15) is 28.4 Å². The number of amides is 1. The normalized spacial score (nSPS) is 10.2. The van der Waals surface area contributed by atoms with Gasteiger partial charge < -0.3 is 15.8 Å². The van der Waals surface area contributed by atoms with E-state index in [-0.39, 0.29) is 0 Å². The second kappa shape index (κ2) is 6.79. The van der Waals surface area contributed by atoms with Crippen LogP contribution < -0.4 is 15.8 Å². The van der Waals surface area contributed by atoms with Gasteiger partial charge in [0.1, 0.15) is 5.75 Å². The summed E-state index contributed by atoms with van der Waals surface area (Å²) in [7, 11) is 0. The maximum absolute atomic E-state index is 11.2. The second-order valence-corrected chi connectivity index (χ2v) is 4.83. The highest BCUT2D eigenvalue weighted by Crippen LogP contribution is 2.22. The van der Waals surface area contributed by atoms with Crippen LogP contribution >= 0.6 is 0 Å². The van der Waals surface area contributed by atoms with E-state index < -0.39 is 5.91 Å². The standard InChI is InChI=1S/C17H20N2O2/c1-3-21-15-7-8-16(12(2)9-15)19-11-13-5-4-6-14(10-13)17(18)20/h4-10,19H,3,11H2,1-2H3,(H2,18,20). The van der Waals surface area contributed by atoms with Gasteiger partial charge in [0.15, 0.2) is 0 Å². The lowest BCUT2D eigenvalue weighted by molar-refractivity contribution is 0.1000. The summed E-state index contributed by atoms with van der Waals surface area (Å²) in [5.74, 6) is 0.463. The summed E-state index contributed by atoms with van der Waals surface area (Å²) in [6.45, 7) is 5.29. The maximum atomic E-state index is 11.2. The molecule has 4 nitrogen and oxygen atoms in total. The van der Waals surface area contributed by atoms with Crippen molar-refractivity contribution < 1.29 is 9.53 Å². The van der Waals surface area contributed by atoms with Gasteiger partial charge in [-0.2, -0.15) is 0 Å². The summed E-state index contributed by atoms with van der Waals surface area (Å²) in [6.07, 6.45) is 0. The SMILES string of the molecule is CCOc1ccc(NCc2cccc(C(N)=O)c2)c(C)c1. The largest absolute Gasteiger partial charge is 0.494 e. The molecule has 0 spiro atoms. The topological polar surface area (TPSA) is 64.3 Å². The van der Waals surface area contributed by atoms with Gasteiger partial charge in [0.2, 0.25) is 5.91 Å². The van der Waals surface area contributed by atoms with Gasteiger partial charge in [0.25, 0.3) is 0 Å². The van der Waals surface area contributed by atoms with Crippen LogP contribution in [0.5, 0.6) is 5.75 Å². The second-order valence-electron chi connectivity index (χ2n) is 4.83. The van der Waals surface area contributed by atoms with E-state index >= 15 is 0 Å². The molecule has 0 unspecified atom stereocenters. The highest BCUT2D eigenvalue weighted by molar-refractivity contribution is 5.92. The molecule has 0 heterocycles. The van der Waals surface area contributed by atoms with Crippen molar-refractivity contribution in [1.82, 2.24) is 0 Å². The zero-order chi connectivity index (χ0) is 15.2. The van der Waals surface area contributed by atoms with E-state index in [1.54, 1.807) is 12.1 Å². The Kier molecular flexibility index (Phi) is 4.82. The Balaban J connectivity index is 2.06. The Morgan fingerprint density at radius 1 is 1.24 bits per heavy atom. The lowest BCUT2D eigenvalue weighted by Crippen LogP contribution is -2.11. The highest BCUT2D eigenvalue weighted by atomic mass is 16.5. The average Bonchev–Trinajstić information content (AvgIpc) is 2.47. The number of hydrogen-bond acceptors (Lipinski definition) is 3. The fourth-order valence-corrected chi connectivity index (χ4v) is 2.12. The van der Waals surface area contributed by atoms with Crippen molar-refractivity contribution in [3.05, 3.63) is 59.2 Å². The first kappa shape index (κ1) is 14.9. The molecular formula is C17H20N2O2. The molecule has 0 radical (unpaired) electrons. The number of nitrogens with one attached hydrogen (secondary N) is 1. The molecule has 2 aromatic rings. The molecule has 1 amide bonds. The van der Waals surface area contributed by atoms with E-state index in [1.165, 1.54) is 0 Å². The molecule has 2 rings (SSSR count). The molecule has 3 N–H and O–H groups in total. The van der Waals surface area contributed by atoms with Crippen LogP contribution in [0.4, 0.5) is 5.69 Å². The lowest BCUT2D eigenvalue weighted by atomic mass is 10.1. The Labute approximate surface area is 124 Å². The molecule has 0 atom stereocenters. The minimum Gasteiger partial charge on any atom is -0.494 e. The van der Waals surface area contributed by atoms with Crippen molar-refractivity contribution >= 4 is 11.6 Å². The number of rotatable bonds is 6. The predicted octanol–water partition coefficient (Wildman–Crippen LogP) is 3.10. The first-order valence-corrected chi connectivity index (χ1v) is 6.96. The predicted molar refractivity (Wildman–Crippen MR) is 84.6 cm³/mol. The van der Waals surface area contributed by atoms with Crippen molar-refractivity contribution in [3.63, 3.8) is 0 Å². The van der Waals surface area contributed by atoms with Crippen LogP contribution in [0.2, 0.25) is 0 Å². The molecule has 0 saturated heterocycles. The zero-order valence-electron chi connectivity index (χ0n) is 12.3. The van der Waals surface area contributed by atoms with E-state index in [0.29, 0.717) is 18.7 Å². The first-order chi connectivity index (χ1) is 10.1. The van der Waals surface area contributed by atoms with E-state index in [2.05, 4.69) is 5.32 Å². The molecule has 4 heteroatoms. The number of anilines is 1. The monoisotopic (exact) mass is 284 g/mol. The number of nitrogens with two attached hydrogens (primary N) is 1. The molecule has 0 bridgehead atoms. The van der Waals surface area contributed by atoms with Crippen molar-refractivity contribution in [2.24, 2.45) is 5.73 Å². The summed E-state index contributed by atoms with van der Waals surface area (Å²) in [5, 5.41) is 3.36. The van der Waals surface area contributed by atoms with Gasteiger partial charge in [-0.1, -0.05) is 12.1 Å². The molecule has 0 aliphatic rings. The summed E-state index contributed by atoms with van der Waals surface area (Å²) in [5.41, 5.74) is 8.99. The molecule has 0 aliphatic carbocycles. The molecular weight excluding hydrogens is 264 g/mol. The van der Waals surface area contributed by atoms with Crippen LogP contribution in [0.15, 0.2) is 42.5 Å². The molecule has 0 saturated carbocycles. The number of aryl methyl sites for hydroxylation is 1. The molecule has 0 aliphatic heterocycles. The Morgan fingerprint density at radius 2 is 2.05 bits per heavy atom. The number of ether oxygens (including phenoxy) is 1. The van der Waals surface area contributed by atoms with Crippen LogP contribution in [0.25, 0.3) is 0 Å². The number of hydrogen-bond donors (Lipinski definition) is 2. The van der Waals surface area contributed by atoms with E-state index in [9.17, 15) is 4.79 Å². The van der Waals surface area contributed by atoms with Crippen molar-refractivity contribution in [3.8, 4) is 5.75 Å². The van der Waals surface area contributed by atoms with Gasteiger partial charge in [-0.3, -0.25) is 4.79 Å². The van der Waals surface area contributed by atoms with Crippen LogP contribution in [0.3, 0.4) is 0 Å². The number of primary amides is 1. The third kappa shape index (κ3) is 3.99. The molecule has 110 valence electrons. The summed E-state index contributed by atoms with van der Waals surface area (Å²) < 4.78 is 5.47. The Morgan fingerprint density at radius 3 is 2.71 bits per heavy atom. The van der Waals surface area contributed by atoms with E-state index in [1.807, 2.05) is 44.2 Å². The Hall–Kier alpha value is -2.49. The van der Waals surface area contributed by atoms with Gasteiger partial charge in [-0.05, 0) is 55.3 Å². The third-order valence-electron chi connectivity index (χ3n) is 3.20. The van der Waals surface area contributed by atoms with Gasteiger partial charge in [0.05, 0.1) is 6.61 Å². The first-order valence-electron chi connectivity index (χ1n) is 6.96.